The molecule has 1 fully saturated rings. The van der Waals surface area contributed by atoms with Gasteiger partial charge in [0.05, 0.1) is 5.56 Å². The molecule has 0 spiro atoms. The van der Waals surface area contributed by atoms with Crippen LogP contribution in [0.25, 0.3) is 0 Å². The van der Waals surface area contributed by atoms with Gasteiger partial charge in [-0.25, -0.2) is 0 Å². The van der Waals surface area contributed by atoms with Gasteiger partial charge in [0.25, 0.3) is 0 Å². The molecule has 0 bridgehead atoms. The first-order chi connectivity index (χ1) is 7.88. The first kappa shape index (κ1) is 12.0. The highest BCUT2D eigenvalue weighted by molar-refractivity contribution is 5.79. The van der Waals surface area contributed by atoms with Crippen molar-refractivity contribution < 1.29 is 18.0 Å². The molecule has 5 heteroatoms. The smallest absolute Gasteiger partial charge is 0.345 e. The Kier molecular flexibility index (Phi) is 2.85. The summed E-state index contributed by atoms with van der Waals surface area (Å²) in [5.41, 5.74) is -0.0745. The Balaban J connectivity index is 2.26. The van der Waals surface area contributed by atoms with E-state index in [1.807, 2.05) is 0 Å². The number of hydrogen-bond donors (Lipinski definition) is 0. The SMILES string of the molecule is CN1CC(c2cccc(C(F)(F)F)c2)CC1=O. The van der Waals surface area contributed by atoms with Crippen LogP contribution in [-0.4, -0.2) is 24.4 Å². The second-order valence-corrected chi connectivity index (χ2v) is 4.30. The Morgan fingerprint density at radius 3 is 2.59 bits per heavy atom. The molecule has 1 heterocycles. The van der Waals surface area contributed by atoms with Gasteiger partial charge in [0, 0.05) is 25.9 Å². The lowest BCUT2D eigenvalue weighted by atomic mass is 9.96. The number of amides is 1. The molecule has 1 saturated heterocycles. The summed E-state index contributed by atoms with van der Waals surface area (Å²) in [7, 11) is 1.66. The predicted molar refractivity (Wildman–Crippen MR) is 56.4 cm³/mol. The molecule has 1 atom stereocenters. The Labute approximate surface area is 97.0 Å². The zero-order valence-corrected chi connectivity index (χ0v) is 9.29. The van der Waals surface area contributed by atoms with Crippen LogP contribution >= 0.6 is 0 Å². The Hall–Kier alpha value is -1.52. The average molecular weight is 243 g/mol. The third-order valence-electron chi connectivity index (χ3n) is 3.03. The summed E-state index contributed by atoms with van der Waals surface area (Å²) in [6.45, 7) is 0.486. The van der Waals surface area contributed by atoms with Crippen LogP contribution < -0.4 is 0 Å². The molecule has 0 saturated carbocycles. The number of likely N-dealkylation sites (N-methyl/N-ethyl adjacent to an activating group) is 1. The summed E-state index contributed by atoms with van der Waals surface area (Å²) in [4.78, 5) is 12.9. The standard InChI is InChI=1S/C12H12F3NO/c1-16-7-9(6-11(16)17)8-3-2-4-10(5-8)12(13,14)15/h2-5,9H,6-7H2,1H3. The van der Waals surface area contributed by atoms with Crippen LogP contribution in [-0.2, 0) is 11.0 Å². The molecule has 17 heavy (non-hydrogen) atoms. The van der Waals surface area contributed by atoms with Crippen LogP contribution in [0.3, 0.4) is 0 Å². The average Bonchev–Trinajstić information content (AvgIpc) is 2.58. The number of halogens is 3. The Morgan fingerprint density at radius 1 is 1.35 bits per heavy atom. The van der Waals surface area contributed by atoms with E-state index in [2.05, 4.69) is 0 Å². The number of likely N-dealkylation sites (tertiary alicyclic amines) is 1. The van der Waals surface area contributed by atoms with Crippen LogP contribution in [0.2, 0.25) is 0 Å². The molecule has 1 aromatic carbocycles. The van der Waals surface area contributed by atoms with E-state index in [0.717, 1.165) is 12.1 Å². The molecule has 1 aliphatic rings. The van der Waals surface area contributed by atoms with E-state index >= 15 is 0 Å². The van der Waals surface area contributed by atoms with Gasteiger partial charge in [-0.2, -0.15) is 13.2 Å². The second-order valence-electron chi connectivity index (χ2n) is 4.30. The van der Waals surface area contributed by atoms with Gasteiger partial charge in [-0.05, 0) is 11.6 Å². The van der Waals surface area contributed by atoms with Crippen molar-refractivity contribution in [1.29, 1.82) is 0 Å². The van der Waals surface area contributed by atoms with Crippen molar-refractivity contribution in [2.24, 2.45) is 0 Å². The second kappa shape index (κ2) is 4.05. The van der Waals surface area contributed by atoms with E-state index in [4.69, 9.17) is 0 Å². The summed E-state index contributed by atoms with van der Waals surface area (Å²) >= 11 is 0. The lowest BCUT2D eigenvalue weighted by Crippen LogP contribution is -2.18. The van der Waals surface area contributed by atoms with Crippen LogP contribution in [0.5, 0.6) is 0 Å². The Morgan fingerprint density at radius 2 is 2.06 bits per heavy atom. The van der Waals surface area contributed by atoms with Crippen molar-refractivity contribution in [3.8, 4) is 0 Å². The van der Waals surface area contributed by atoms with Crippen molar-refractivity contribution in [3.05, 3.63) is 35.4 Å². The van der Waals surface area contributed by atoms with Crippen LogP contribution in [0.1, 0.15) is 23.5 Å². The molecule has 2 rings (SSSR count). The first-order valence-electron chi connectivity index (χ1n) is 5.29. The zero-order valence-electron chi connectivity index (χ0n) is 9.29. The van der Waals surface area contributed by atoms with E-state index < -0.39 is 11.7 Å². The number of hydrogen-bond acceptors (Lipinski definition) is 1. The lowest BCUT2D eigenvalue weighted by molar-refractivity contribution is -0.137. The number of alkyl halides is 3. The number of benzene rings is 1. The molecule has 92 valence electrons. The third-order valence-corrected chi connectivity index (χ3v) is 3.03. The van der Waals surface area contributed by atoms with Crippen molar-refractivity contribution in [1.82, 2.24) is 4.90 Å². The molecule has 1 aromatic rings. The quantitative estimate of drug-likeness (QED) is 0.742. The van der Waals surface area contributed by atoms with Crippen LogP contribution in [0, 0.1) is 0 Å². The zero-order chi connectivity index (χ0) is 12.6. The van der Waals surface area contributed by atoms with E-state index in [-0.39, 0.29) is 18.2 Å². The summed E-state index contributed by atoms with van der Waals surface area (Å²) < 4.78 is 37.6. The number of nitrogens with zero attached hydrogens (tertiary/aromatic N) is 1. The largest absolute Gasteiger partial charge is 0.416 e. The van der Waals surface area contributed by atoms with Crippen molar-refractivity contribution in [2.45, 2.75) is 18.5 Å². The molecule has 2 nitrogen and oxygen atoms in total. The molecule has 1 amide bonds. The molecule has 1 aliphatic heterocycles. The monoisotopic (exact) mass is 243 g/mol. The fraction of sp³-hybridized carbons (Fsp3) is 0.417. The first-order valence-corrected chi connectivity index (χ1v) is 5.29. The van der Waals surface area contributed by atoms with Gasteiger partial charge in [-0.1, -0.05) is 18.2 Å². The van der Waals surface area contributed by atoms with E-state index in [9.17, 15) is 18.0 Å². The number of rotatable bonds is 1. The minimum absolute atomic E-state index is 0.0209. The van der Waals surface area contributed by atoms with Crippen LogP contribution in [0.15, 0.2) is 24.3 Å². The van der Waals surface area contributed by atoms with E-state index in [1.54, 1.807) is 18.0 Å². The maximum atomic E-state index is 12.5. The maximum absolute atomic E-state index is 12.5. The summed E-state index contributed by atoms with van der Waals surface area (Å²) in [5.74, 6) is -0.151. The van der Waals surface area contributed by atoms with Gasteiger partial charge >= 0.3 is 6.18 Å². The van der Waals surface area contributed by atoms with Gasteiger partial charge in [-0.3, -0.25) is 4.79 Å². The molecule has 0 aromatic heterocycles. The fourth-order valence-electron chi connectivity index (χ4n) is 2.06. The van der Waals surface area contributed by atoms with Crippen molar-refractivity contribution in [3.63, 3.8) is 0 Å². The topological polar surface area (TPSA) is 20.3 Å². The van der Waals surface area contributed by atoms with E-state index in [0.29, 0.717) is 12.1 Å². The summed E-state index contributed by atoms with van der Waals surface area (Å²) in [5, 5.41) is 0. The number of carbonyl (C=O) groups excluding carboxylic acids is 1. The molecular formula is C12H12F3NO. The van der Waals surface area contributed by atoms with Crippen LogP contribution in [0.4, 0.5) is 13.2 Å². The number of carbonyl (C=O) groups is 1. The molecule has 0 aliphatic carbocycles. The predicted octanol–water partition coefficient (Wildman–Crippen LogP) is 2.65. The highest BCUT2D eigenvalue weighted by atomic mass is 19.4. The highest BCUT2D eigenvalue weighted by Crippen LogP contribution is 2.33. The minimum Gasteiger partial charge on any atom is -0.345 e. The van der Waals surface area contributed by atoms with Crippen molar-refractivity contribution in [2.75, 3.05) is 13.6 Å². The molecule has 1 unspecified atom stereocenters. The van der Waals surface area contributed by atoms with Gasteiger partial charge < -0.3 is 4.90 Å². The minimum atomic E-state index is -4.33. The molecular weight excluding hydrogens is 231 g/mol. The van der Waals surface area contributed by atoms with Gasteiger partial charge in [-0.15, -0.1) is 0 Å². The lowest BCUT2D eigenvalue weighted by Gasteiger charge is -2.13. The molecule has 0 radical (unpaired) electrons. The molecule has 0 N–H and O–H groups in total. The van der Waals surface area contributed by atoms with Gasteiger partial charge in [0.15, 0.2) is 0 Å². The van der Waals surface area contributed by atoms with E-state index in [1.165, 1.54) is 6.07 Å². The fourth-order valence-corrected chi connectivity index (χ4v) is 2.06. The maximum Gasteiger partial charge on any atom is 0.416 e. The van der Waals surface area contributed by atoms with Gasteiger partial charge in [0.2, 0.25) is 5.91 Å². The normalized spacial score (nSPS) is 21.1. The van der Waals surface area contributed by atoms with Crippen molar-refractivity contribution >= 4 is 5.91 Å². The Bertz CT molecular complexity index is 442. The third kappa shape index (κ3) is 2.43. The highest BCUT2D eigenvalue weighted by Gasteiger charge is 2.33. The summed E-state index contributed by atoms with van der Waals surface area (Å²) in [6.07, 6.45) is -4.04. The van der Waals surface area contributed by atoms with Gasteiger partial charge in [0.1, 0.15) is 0 Å². The summed E-state index contributed by atoms with van der Waals surface area (Å²) in [6, 6.07) is 5.22.